The largest absolute Gasteiger partial charge is 0.465 e. The van der Waals surface area contributed by atoms with Crippen LogP contribution in [0.5, 0.6) is 0 Å². The Hall–Kier alpha value is -1.98. The van der Waals surface area contributed by atoms with Crippen molar-refractivity contribution in [3.05, 3.63) is 23.8 Å². The highest BCUT2D eigenvalue weighted by Gasteiger charge is 2.36. The van der Waals surface area contributed by atoms with Crippen molar-refractivity contribution in [3.63, 3.8) is 0 Å². The van der Waals surface area contributed by atoms with Crippen molar-refractivity contribution in [2.75, 3.05) is 0 Å². The van der Waals surface area contributed by atoms with Gasteiger partial charge in [-0.25, -0.2) is 9.69 Å². The third-order valence-corrected chi connectivity index (χ3v) is 3.48. The van der Waals surface area contributed by atoms with Crippen LogP contribution >= 0.6 is 0 Å². The summed E-state index contributed by atoms with van der Waals surface area (Å²) in [6, 6.07) is -0.519. The Labute approximate surface area is 124 Å². The molecule has 0 aromatic carbocycles. The van der Waals surface area contributed by atoms with Crippen LogP contribution in [0, 0.1) is 5.41 Å². The number of hydrogen-bond donors (Lipinski definition) is 1. The van der Waals surface area contributed by atoms with Crippen molar-refractivity contribution in [2.45, 2.75) is 52.5 Å². The van der Waals surface area contributed by atoms with E-state index in [2.05, 4.69) is 9.97 Å². The summed E-state index contributed by atoms with van der Waals surface area (Å²) in [6.07, 6.45) is 4.31. The van der Waals surface area contributed by atoms with Gasteiger partial charge in [0.1, 0.15) is 0 Å². The minimum Gasteiger partial charge on any atom is -0.465 e. The van der Waals surface area contributed by atoms with Crippen LogP contribution in [0.15, 0.2) is 12.4 Å². The van der Waals surface area contributed by atoms with Gasteiger partial charge in [0.05, 0.1) is 17.4 Å². The maximum atomic E-state index is 12.4. The second-order valence-corrected chi connectivity index (χ2v) is 6.58. The highest BCUT2D eigenvalue weighted by atomic mass is 16.4. The fourth-order valence-corrected chi connectivity index (χ4v) is 2.65. The van der Waals surface area contributed by atoms with E-state index in [1.165, 1.54) is 0 Å². The van der Waals surface area contributed by atoms with E-state index in [0.29, 0.717) is 12.1 Å². The minimum atomic E-state index is -1.22. The molecule has 1 aliphatic rings. The Bertz CT molecular complexity index is 551. The van der Waals surface area contributed by atoms with Crippen LogP contribution < -0.4 is 0 Å². The standard InChI is InChI=1S/C15H21N3O3/c1-15(2,3)9-12(19)18(14(20)21)11-6-4-5-10-13(11)17-8-7-16-10/h7-8,11H,4-6,9H2,1-3H3,(H,20,21)/t11-/m1/s1. The van der Waals surface area contributed by atoms with Gasteiger partial charge in [0, 0.05) is 18.8 Å². The Morgan fingerprint density at radius 2 is 2.00 bits per heavy atom. The fourth-order valence-electron chi connectivity index (χ4n) is 2.65. The van der Waals surface area contributed by atoms with Crippen LogP contribution in [0.1, 0.15) is 57.5 Å². The summed E-state index contributed by atoms with van der Waals surface area (Å²) in [5.74, 6) is -0.376. The Balaban J connectivity index is 2.32. The number of nitrogens with zero attached hydrogens (tertiary/aromatic N) is 3. The van der Waals surface area contributed by atoms with Crippen molar-refractivity contribution in [3.8, 4) is 0 Å². The fraction of sp³-hybridized carbons (Fsp3) is 0.600. The molecular weight excluding hydrogens is 270 g/mol. The molecule has 1 N–H and O–H groups in total. The number of carbonyl (C=O) groups excluding carboxylic acids is 1. The lowest BCUT2D eigenvalue weighted by molar-refractivity contribution is -0.133. The predicted octanol–water partition coefficient (Wildman–Crippen LogP) is 2.80. The van der Waals surface area contributed by atoms with E-state index in [1.807, 2.05) is 20.8 Å². The Morgan fingerprint density at radius 1 is 1.33 bits per heavy atom. The first kappa shape index (κ1) is 15.4. The van der Waals surface area contributed by atoms with Crippen LogP contribution in [0.2, 0.25) is 0 Å². The molecule has 114 valence electrons. The Morgan fingerprint density at radius 3 is 2.62 bits per heavy atom. The predicted molar refractivity (Wildman–Crippen MR) is 76.7 cm³/mol. The molecule has 0 unspecified atom stereocenters. The van der Waals surface area contributed by atoms with Crippen LogP contribution in [0.4, 0.5) is 4.79 Å². The van der Waals surface area contributed by atoms with Crippen LogP contribution in [-0.2, 0) is 11.2 Å². The topological polar surface area (TPSA) is 83.4 Å². The van der Waals surface area contributed by atoms with E-state index in [4.69, 9.17) is 0 Å². The van der Waals surface area contributed by atoms with E-state index in [-0.39, 0.29) is 17.7 Å². The van der Waals surface area contributed by atoms with Crippen molar-refractivity contribution in [2.24, 2.45) is 5.41 Å². The van der Waals surface area contributed by atoms with Gasteiger partial charge < -0.3 is 5.11 Å². The molecule has 6 nitrogen and oxygen atoms in total. The van der Waals surface area contributed by atoms with E-state index < -0.39 is 12.1 Å². The van der Waals surface area contributed by atoms with Crippen molar-refractivity contribution >= 4 is 12.0 Å². The zero-order valence-corrected chi connectivity index (χ0v) is 12.7. The molecule has 0 spiro atoms. The second-order valence-electron chi connectivity index (χ2n) is 6.58. The normalized spacial score (nSPS) is 18.0. The van der Waals surface area contributed by atoms with Gasteiger partial charge in [-0.2, -0.15) is 0 Å². The molecule has 6 heteroatoms. The second kappa shape index (κ2) is 5.79. The van der Waals surface area contributed by atoms with Crippen molar-refractivity contribution in [1.29, 1.82) is 0 Å². The van der Waals surface area contributed by atoms with E-state index in [9.17, 15) is 14.7 Å². The van der Waals surface area contributed by atoms with Crippen LogP contribution in [0.3, 0.4) is 0 Å². The lowest BCUT2D eigenvalue weighted by Crippen LogP contribution is -2.42. The molecule has 1 atom stereocenters. The summed E-state index contributed by atoms with van der Waals surface area (Å²) in [4.78, 5) is 33.5. The van der Waals surface area contributed by atoms with Crippen LogP contribution in [-0.4, -0.2) is 32.0 Å². The van der Waals surface area contributed by atoms with Gasteiger partial charge in [-0.1, -0.05) is 20.8 Å². The lowest BCUT2D eigenvalue weighted by Gasteiger charge is -2.32. The summed E-state index contributed by atoms with van der Waals surface area (Å²) in [5, 5.41) is 9.48. The summed E-state index contributed by atoms with van der Waals surface area (Å²) < 4.78 is 0. The number of carbonyl (C=O) groups is 2. The van der Waals surface area contributed by atoms with E-state index in [1.54, 1.807) is 12.4 Å². The molecule has 0 bridgehead atoms. The number of rotatable bonds is 2. The zero-order chi connectivity index (χ0) is 15.6. The average Bonchev–Trinajstić information content (AvgIpc) is 2.36. The highest BCUT2D eigenvalue weighted by Crippen LogP contribution is 2.33. The molecule has 1 aromatic heterocycles. The molecule has 2 rings (SSSR count). The Kier molecular flexibility index (Phi) is 4.25. The third kappa shape index (κ3) is 3.56. The summed E-state index contributed by atoms with van der Waals surface area (Å²) in [7, 11) is 0. The van der Waals surface area contributed by atoms with Crippen molar-refractivity contribution < 1.29 is 14.7 Å². The van der Waals surface area contributed by atoms with Crippen molar-refractivity contribution in [1.82, 2.24) is 14.9 Å². The van der Waals surface area contributed by atoms with Gasteiger partial charge in [0.15, 0.2) is 0 Å². The number of hydrogen-bond acceptors (Lipinski definition) is 4. The van der Waals surface area contributed by atoms with E-state index >= 15 is 0 Å². The summed E-state index contributed by atoms with van der Waals surface area (Å²) in [6.45, 7) is 5.75. The molecule has 21 heavy (non-hydrogen) atoms. The smallest absolute Gasteiger partial charge is 0.414 e. The van der Waals surface area contributed by atoms with Crippen LogP contribution in [0.25, 0.3) is 0 Å². The first-order valence-corrected chi connectivity index (χ1v) is 7.14. The van der Waals surface area contributed by atoms with Gasteiger partial charge >= 0.3 is 6.09 Å². The molecule has 1 heterocycles. The maximum absolute atomic E-state index is 12.4. The first-order valence-electron chi connectivity index (χ1n) is 7.14. The van der Waals surface area contributed by atoms with Gasteiger partial charge in [-0.3, -0.25) is 14.8 Å². The van der Waals surface area contributed by atoms with E-state index in [0.717, 1.165) is 23.4 Å². The molecule has 0 fully saturated rings. The molecule has 0 radical (unpaired) electrons. The molecular formula is C15H21N3O3. The molecule has 1 aliphatic carbocycles. The maximum Gasteiger partial charge on any atom is 0.414 e. The first-order chi connectivity index (χ1) is 9.79. The average molecular weight is 291 g/mol. The number of aromatic nitrogens is 2. The van der Waals surface area contributed by atoms with Gasteiger partial charge in [0.2, 0.25) is 5.91 Å². The molecule has 2 amide bonds. The van der Waals surface area contributed by atoms with Gasteiger partial charge in [0.25, 0.3) is 0 Å². The number of fused-ring (bicyclic) bond motifs is 1. The quantitative estimate of drug-likeness (QED) is 0.905. The SMILES string of the molecule is CC(C)(C)CC(=O)N(C(=O)O)[C@@H]1CCCc2nccnc21. The number of carboxylic acid groups (broad SMARTS) is 1. The summed E-state index contributed by atoms with van der Waals surface area (Å²) >= 11 is 0. The minimum absolute atomic E-state index is 0.186. The van der Waals surface area contributed by atoms with Gasteiger partial charge in [-0.15, -0.1) is 0 Å². The zero-order valence-electron chi connectivity index (χ0n) is 12.7. The lowest BCUT2D eigenvalue weighted by atomic mass is 9.89. The number of imide groups is 1. The number of amides is 2. The molecule has 1 aromatic rings. The number of aryl methyl sites for hydroxylation is 1. The summed E-state index contributed by atoms with van der Waals surface area (Å²) in [5.41, 5.74) is 1.15. The molecule has 0 aliphatic heterocycles. The molecule has 0 saturated heterocycles. The molecule has 0 saturated carbocycles. The third-order valence-electron chi connectivity index (χ3n) is 3.48. The van der Waals surface area contributed by atoms with Gasteiger partial charge in [-0.05, 0) is 24.7 Å². The highest BCUT2D eigenvalue weighted by molar-refractivity contribution is 5.92. The monoisotopic (exact) mass is 291 g/mol.